The van der Waals surface area contributed by atoms with Crippen LogP contribution in [-0.2, 0) is 10.8 Å². The van der Waals surface area contributed by atoms with E-state index in [9.17, 15) is 0 Å². The maximum Gasteiger partial charge on any atom is 0.264 e. The molecule has 0 fully saturated rings. The van der Waals surface area contributed by atoms with Gasteiger partial charge >= 0.3 is 0 Å². The number of ether oxygens (including phenoxy) is 4. The minimum Gasteiger partial charge on any atom is -0.454 e. The van der Waals surface area contributed by atoms with Crippen LogP contribution in [0, 0.1) is 13.8 Å². The largest absolute Gasteiger partial charge is 0.454 e. The van der Waals surface area contributed by atoms with E-state index in [0.29, 0.717) is 0 Å². The van der Waals surface area contributed by atoms with E-state index < -0.39 is 0 Å². The van der Waals surface area contributed by atoms with E-state index in [-0.39, 0.29) is 37.0 Å². The molecule has 0 amide bonds. The van der Waals surface area contributed by atoms with Gasteiger partial charge in [-0.05, 0) is 112 Å². The Balaban J connectivity index is 1.35. The molecule has 1 aromatic heterocycles. The maximum absolute atomic E-state index is 6.12. The molecule has 55 heavy (non-hydrogen) atoms. The Kier molecular flexibility index (Phi) is 7.33. The number of thiophene rings is 1. The van der Waals surface area contributed by atoms with E-state index in [4.69, 9.17) is 18.9 Å². The van der Waals surface area contributed by atoms with Crippen molar-refractivity contribution in [1.29, 1.82) is 0 Å². The molecule has 0 radical (unpaired) electrons. The predicted octanol–water partition coefficient (Wildman–Crippen LogP) is 10.8. The Morgan fingerprint density at radius 3 is 1.89 bits per heavy atom. The molecule has 6 aromatic rings. The van der Waals surface area contributed by atoms with E-state index in [0.717, 1.165) is 34.4 Å². The molecule has 4 aliphatic rings. The molecule has 0 aliphatic carbocycles. The standard InChI is InChI=1S/C47H47BN2O4S/c1-25(2)28-17-35-42-36(18-28)50(43-26(3)15-30(16-27(43)4)47(8,9)10)44-32-19-29(46(5,6)7)11-14-41(32)55-45(44)48(42)33-21-39-40(54-24-53-39)22-34(33)49(35)31-12-13-37-38(20-31)52-23-51-37/h11-22,25H,23-24H2,1-10H3. The average Bonchev–Trinajstić information content (AvgIpc) is 3.88. The third kappa shape index (κ3) is 5.13. The van der Waals surface area contributed by atoms with Gasteiger partial charge in [-0.1, -0.05) is 73.6 Å². The van der Waals surface area contributed by atoms with Crippen molar-refractivity contribution in [3.63, 3.8) is 0 Å². The molecule has 10 rings (SSSR count). The molecule has 0 N–H and O–H groups in total. The van der Waals surface area contributed by atoms with Gasteiger partial charge < -0.3 is 28.7 Å². The van der Waals surface area contributed by atoms with Crippen LogP contribution < -0.4 is 44.4 Å². The van der Waals surface area contributed by atoms with Crippen molar-refractivity contribution < 1.29 is 18.9 Å². The van der Waals surface area contributed by atoms with E-state index >= 15 is 0 Å². The summed E-state index contributed by atoms with van der Waals surface area (Å²) in [4.78, 5) is 5.05. The number of nitrogens with zero attached hydrogens (tertiary/aromatic N) is 2. The number of hydrogen-bond acceptors (Lipinski definition) is 7. The van der Waals surface area contributed by atoms with Crippen molar-refractivity contribution in [3.05, 3.63) is 101 Å². The van der Waals surface area contributed by atoms with Gasteiger partial charge in [-0.25, -0.2) is 0 Å². The first kappa shape index (κ1) is 34.4. The summed E-state index contributed by atoms with van der Waals surface area (Å²) in [5.41, 5.74) is 16.1. The Morgan fingerprint density at radius 2 is 1.24 bits per heavy atom. The smallest absolute Gasteiger partial charge is 0.264 e. The van der Waals surface area contributed by atoms with Crippen LogP contribution in [0.1, 0.15) is 89.1 Å². The van der Waals surface area contributed by atoms with Crippen LogP contribution in [0.5, 0.6) is 23.0 Å². The van der Waals surface area contributed by atoms with Crippen LogP contribution in [0.2, 0.25) is 0 Å². The van der Waals surface area contributed by atoms with Crippen molar-refractivity contribution >= 4 is 78.0 Å². The molecule has 5 heterocycles. The van der Waals surface area contributed by atoms with Gasteiger partial charge in [0.15, 0.2) is 23.0 Å². The number of rotatable bonds is 3. The zero-order chi connectivity index (χ0) is 38.3. The molecule has 0 saturated heterocycles. The van der Waals surface area contributed by atoms with Crippen LogP contribution in [-0.4, -0.2) is 20.3 Å². The molecule has 4 aliphatic heterocycles. The quantitative estimate of drug-likeness (QED) is 0.168. The summed E-state index contributed by atoms with van der Waals surface area (Å²) in [5, 5.41) is 1.30. The van der Waals surface area contributed by atoms with Crippen LogP contribution in [0.25, 0.3) is 10.1 Å². The highest BCUT2D eigenvalue weighted by molar-refractivity contribution is 7.33. The number of benzene rings is 5. The highest BCUT2D eigenvalue weighted by Crippen LogP contribution is 2.52. The summed E-state index contributed by atoms with van der Waals surface area (Å²) in [6.45, 7) is 23.5. The van der Waals surface area contributed by atoms with Gasteiger partial charge in [-0.2, -0.15) is 0 Å². The summed E-state index contributed by atoms with van der Waals surface area (Å²) in [7, 11) is 0. The van der Waals surface area contributed by atoms with E-state index in [1.807, 2.05) is 17.4 Å². The zero-order valence-electron chi connectivity index (χ0n) is 33.4. The molecule has 0 spiro atoms. The van der Waals surface area contributed by atoms with Gasteiger partial charge in [0.1, 0.15) is 0 Å². The zero-order valence-corrected chi connectivity index (χ0v) is 34.2. The summed E-state index contributed by atoms with van der Waals surface area (Å²) < 4.78 is 26.6. The lowest BCUT2D eigenvalue weighted by Gasteiger charge is -2.44. The highest BCUT2D eigenvalue weighted by Gasteiger charge is 2.47. The Hall–Kier alpha value is -5.08. The Labute approximate surface area is 328 Å². The van der Waals surface area contributed by atoms with E-state index in [1.54, 1.807) is 0 Å². The molecule has 5 aromatic carbocycles. The lowest BCUT2D eigenvalue weighted by Crippen LogP contribution is -2.60. The molecular formula is C47H47BN2O4S. The lowest BCUT2D eigenvalue weighted by molar-refractivity contribution is 0.173. The molecule has 278 valence electrons. The van der Waals surface area contributed by atoms with Crippen LogP contribution in [0.4, 0.5) is 34.1 Å². The Bertz CT molecular complexity index is 2590. The average molecular weight is 747 g/mol. The fraction of sp³-hybridized carbons (Fsp3) is 0.319. The molecule has 0 unspecified atom stereocenters. The van der Waals surface area contributed by atoms with E-state index in [2.05, 4.69) is 146 Å². The van der Waals surface area contributed by atoms with Crippen molar-refractivity contribution in [2.24, 2.45) is 0 Å². The first-order chi connectivity index (χ1) is 26.2. The summed E-state index contributed by atoms with van der Waals surface area (Å²) >= 11 is 1.93. The van der Waals surface area contributed by atoms with Gasteiger partial charge in [0.2, 0.25) is 13.6 Å². The molecule has 6 nitrogen and oxygen atoms in total. The summed E-state index contributed by atoms with van der Waals surface area (Å²) in [6, 6.07) is 27.6. The molecule has 0 saturated carbocycles. The minimum absolute atomic E-state index is 0.000959. The van der Waals surface area contributed by atoms with Gasteiger partial charge in [-0.15, -0.1) is 11.3 Å². The monoisotopic (exact) mass is 746 g/mol. The van der Waals surface area contributed by atoms with Crippen molar-refractivity contribution in [2.45, 2.75) is 86.0 Å². The predicted molar refractivity (Wildman–Crippen MR) is 229 cm³/mol. The summed E-state index contributed by atoms with van der Waals surface area (Å²) in [5.74, 6) is 3.36. The Morgan fingerprint density at radius 1 is 0.618 bits per heavy atom. The second kappa shape index (κ2) is 11.7. The lowest BCUT2D eigenvalue weighted by atomic mass is 9.36. The topological polar surface area (TPSA) is 43.4 Å². The summed E-state index contributed by atoms with van der Waals surface area (Å²) in [6.07, 6.45) is 0. The SMILES string of the molecule is Cc1cc(C(C)(C)C)cc(C)c1N1c2cc(C(C)C)cc3c2B(c2cc4c(cc2N3c2ccc3c(c2)OCO3)OCO4)c2sc3ccc(C(C)(C)C)cc3c21. The van der Waals surface area contributed by atoms with Crippen molar-refractivity contribution in [1.82, 2.24) is 0 Å². The second-order valence-corrected chi connectivity index (χ2v) is 19.1. The highest BCUT2D eigenvalue weighted by atomic mass is 32.1. The fourth-order valence-electron chi connectivity index (χ4n) is 8.97. The van der Waals surface area contributed by atoms with E-state index in [1.165, 1.54) is 76.4 Å². The van der Waals surface area contributed by atoms with Gasteiger partial charge in [-0.3, -0.25) is 0 Å². The van der Waals surface area contributed by atoms with Crippen LogP contribution >= 0.6 is 11.3 Å². The third-order valence-electron chi connectivity index (χ3n) is 11.9. The minimum atomic E-state index is -0.0304. The number of anilines is 6. The number of hydrogen-bond donors (Lipinski definition) is 0. The third-order valence-corrected chi connectivity index (χ3v) is 13.1. The normalized spacial score (nSPS) is 15.2. The van der Waals surface area contributed by atoms with Crippen LogP contribution in [0.3, 0.4) is 0 Å². The van der Waals surface area contributed by atoms with Gasteiger partial charge in [0.05, 0.1) is 17.1 Å². The van der Waals surface area contributed by atoms with Gasteiger partial charge in [0, 0.05) is 44.1 Å². The fourth-order valence-corrected chi connectivity index (χ4v) is 10.3. The first-order valence-electron chi connectivity index (χ1n) is 19.5. The number of fused-ring (bicyclic) bond motifs is 8. The van der Waals surface area contributed by atoms with Crippen LogP contribution in [0.15, 0.2) is 72.8 Å². The molecule has 8 heteroatoms. The molecular weight excluding hydrogens is 699 g/mol. The maximum atomic E-state index is 6.12. The first-order valence-corrected chi connectivity index (χ1v) is 20.3. The molecule has 0 atom stereocenters. The van der Waals surface area contributed by atoms with Gasteiger partial charge in [0.25, 0.3) is 6.71 Å². The van der Waals surface area contributed by atoms with Crippen molar-refractivity contribution in [2.75, 3.05) is 23.4 Å². The second-order valence-electron chi connectivity index (χ2n) is 18.0. The van der Waals surface area contributed by atoms with Crippen molar-refractivity contribution in [3.8, 4) is 23.0 Å². The number of aryl methyl sites for hydroxylation is 2. The molecule has 0 bridgehead atoms.